The third-order valence-corrected chi connectivity index (χ3v) is 10.5. The number of ether oxygens (including phenoxy) is 2. The summed E-state index contributed by atoms with van der Waals surface area (Å²) >= 11 is 3.43. The van der Waals surface area contributed by atoms with Gasteiger partial charge < -0.3 is 20.1 Å². The van der Waals surface area contributed by atoms with Gasteiger partial charge in [0.15, 0.2) is 5.79 Å². The van der Waals surface area contributed by atoms with Gasteiger partial charge in [0.1, 0.15) is 10.8 Å². The van der Waals surface area contributed by atoms with Crippen LogP contribution in [0.3, 0.4) is 0 Å². The van der Waals surface area contributed by atoms with Gasteiger partial charge in [-0.2, -0.15) is 4.98 Å². The molecule has 1 aromatic carbocycles. The Morgan fingerprint density at radius 3 is 2.74 bits per heavy atom. The Balaban J connectivity index is 1.23. The van der Waals surface area contributed by atoms with Crippen molar-refractivity contribution in [1.82, 2.24) is 15.0 Å². The number of rotatable bonds is 6. The van der Waals surface area contributed by atoms with Crippen molar-refractivity contribution >= 4 is 44.7 Å². The standard InChI is InChI=1S/C30H35N5O2S2/c1-18-15-23(26-21(18)17-36-30(37-26)12-6-3-7-13-30)33-27-25(28-34-22-10-4-5-11-24(22)39-28)19(2)32-29(35-27)31-16-20-9-8-14-38-20/h4-5,8-11,14,18,21,23,26H,3,6-7,12-13,15-17H2,1-2H3,(H2,31,32,33,35)/t18-,21+,23+,26+/m0/s1. The highest BCUT2D eigenvalue weighted by atomic mass is 32.1. The smallest absolute Gasteiger partial charge is 0.225 e. The maximum atomic E-state index is 6.89. The van der Waals surface area contributed by atoms with Gasteiger partial charge in [-0.15, -0.1) is 22.7 Å². The number of nitrogens with zero attached hydrogens (tertiary/aromatic N) is 3. The Morgan fingerprint density at radius 2 is 1.92 bits per heavy atom. The first-order chi connectivity index (χ1) is 19.1. The van der Waals surface area contributed by atoms with E-state index in [1.165, 1.54) is 28.8 Å². The molecule has 3 aromatic heterocycles. The minimum Gasteiger partial charge on any atom is -0.364 e. The summed E-state index contributed by atoms with van der Waals surface area (Å²) in [6, 6.07) is 12.6. The monoisotopic (exact) mass is 561 g/mol. The molecule has 4 aromatic rings. The van der Waals surface area contributed by atoms with Crippen LogP contribution in [0.2, 0.25) is 0 Å². The molecule has 1 saturated heterocycles. The van der Waals surface area contributed by atoms with Crippen LogP contribution in [-0.2, 0) is 16.0 Å². The van der Waals surface area contributed by atoms with E-state index in [1.54, 1.807) is 22.7 Å². The molecule has 0 bridgehead atoms. The number of aromatic nitrogens is 3. The lowest BCUT2D eigenvalue weighted by molar-refractivity contribution is -0.320. The van der Waals surface area contributed by atoms with Crippen molar-refractivity contribution < 1.29 is 9.47 Å². The molecule has 0 unspecified atom stereocenters. The molecule has 0 amide bonds. The average molecular weight is 562 g/mol. The molecule has 3 aliphatic rings. The molecule has 7 nitrogen and oxygen atoms in total. The van der Waals surface area contributed by atoms with Crippen LogP contribution >= 0.6 is 22.7 Å². The van der Waals surface area contributed by atoms with Crippen LogP contribution in [0.1, 0.15) is 56.0 Å². The van der Waals surface area contributed by atoms with Crippen LogP contribution in [-0.4, -0.2) is 39.5 Å². The number of fused-ring (bicyclic) bond motifs is 2. The van der Waals surface area contributed by atoms with Gasteiger partial charge in [-0.05, 0) is 55.7 Å². The molecule has 39 heavy (non-hydrogen) atoms. The van der Waals surface area contributed by atoms with E-state index in [9.17, 15) is 0 Å². The number of hydrogen-bond acceptors (Lipinski definition) is 9. The van der Waals surface area contributed by atoms with E-state index in [1.807, 2.05) is 6.07 Å². The SMILES string of the molecule is Cc1nc(NCc2cccs2)nc(N[C@@H]2C[C@H](C)[C@H]3COC4(CCCCC4)O[C@H]32)c1-c1nc2ccccc2s1. The zero-order valence-corrected chi connectivity index (χ0v) is 24.1. The molecule has 4 atom stereocenters. The molecule has 1 spiro atoms. The van der Waals surface area contributed by atoms with E-state index in [2.05, 4.69) is 60.2 Å². The van der Waals surface area contributed by atoms with Gasteiger partial charge in [-0.1, -0.05) is 31.5 Å². The Kier molecular flexibility index (Phi) is 6.79. The normalized spacial score (nSPS) is 26.1. The zero-order chi connectivity index (χ0) is 26.4. The fourth-order valence-electron chi connectivity index (χ4n) is 6.53. The van der Waals surface area contributed by atoms with Crippen LogP contribution in [0.5, 0.6) is 0 Å². The lowest BCUT2D eigenvalue weighted by Crippen LogP contribution is -2.53. The molecule has 2 N–H and O–H groups in total. The maximum absolute atomic E-state index is 6.89. The quantitative estimate of drug-likeness (QED) is 0.257. The van der Waals surface area contributed by atoms with Gasteiger partial charge in [0.05, 0.1) is 46.8 Å². The number of thiazole rings is 1. The fraction of sp³-hybridized carbons (Fsp3) is 0.500. The molecule has 3 fully saturated rings. The van der Waals surface area contributed by atoms with Gasteiger partial charge in [0.25, 0.3) is 0 Å². The number of nitrogens with one attached hydrogen (secondary N) is 2. The Hall–Kier alpha value is -2.59. The van der Waals surface area contributed by atoms with Gasteiger partial charge in [-0.25, -0.2) is 9.97 Å². The Labute approximate surface area is 237 Å². The molecule has 0 radical (unpaired) electrons. The van der Waals surface area contributed by atoms with Crippen molar-refractivity contribution in [3.63, 3.8) is 0 Å². The molecule has 1 aliphatic heterocycles. The summed E-state index contributed by atoms with van der Waals surface area (Å²) < 4.78 is 14.5. The number of hydrogen-bond donors (Lipinski definition) is 2. The minimum absolute atomic E-state index is 0.105. The van der Waals surface area contributed by atoms with E-state index in [4.69, 9.17) is 24.4 Å². The minimum atomic E-state index is -0.408. The second-order valence-electron chi connectivity index (χ2n) is 11.3. The van der Waals surface area contributed by atoms with Crippen LogP contribution in [0, 0.1) is 18.8 Å². The Bertz CT molecular complexity index is 1420. The largest absolute Gasteiger partial charge is 0.364 e. The number of thiophene rings is 1. The predicted octanol–water partition coefficient (Wildman–Crippen LogP) is 7.25. The second-order valence-corrected chi connectivity index (χ2v) is 13.3. The molecule has 204 valence electrons. The van der Waals surface area contributed by atoms with Crippen LogP contribution < -0.4 is 10.6 Å². The molecular weight excluding hydrogens is 526 g/mol. The fourth-order valence-corrected chi connectivity index (χ4v) is 8.24. The van der Waals surface area contributed by atoms with Gasteiger partial charge in [0, 0.05) is 23.6 Å². The number of aryl methyl sites for hydroxylation is 1. The van der Waals surface area contributed by atoms with Crippen molar-refractivity contribution in [1.29, 1.82) is 0 Å². The molecule has 2 aliphatic carbocycles. The van der Waals surface area contributed by atoms with Gasteiger partial charge in [-0.3, -0.25) is 0 Å². The summed E-state index contributed by atoms with van der Waals surface area (Å²) in [5.41, 5.74) is 2.90. The van der Waals surface area contributed by atoms with Crippen molar-refractivity contribution in [3.8, 4) is 10.6 Å². The highest BCUT2D eigenvalue weighted by molar-refractivity contribution is 7.21. The van der Waals surface area contributed by atoms with Crippen molar-refractivity contribution in [2.24, 2.45) is 11.8 Å². The van der Waals surface area contributed by atoms with E-state index in [-0.39, 0.29) is 12.1 Å². The topological polar surface area (TPSA) is 81.2 Å². The van der Waals surface area contributed by atoms with E-state index < -0.39 is 5.79 Å². The Morgan fingerprint density at radius 1 is 1.05 bits per heavy atom. The predicted molar refractivity (Wildman–Crippen MR) is 158 cm³/mol. The zero-order valence-electron chi connectivity index (χ0n) is 22.5. The molecular formula is C30H35N5O2S2. The summed E-state index contributed by atoms with van der Waals surface area (Å²) in [6.07, 6.45) is 6.75. The van der Waals surface area contributed by atoms with Crippen LogP contribution in [0.25, 0.3) is 20.8 Å². The first-order valence-electron chi connectivity index (χ1n) is 14.2. The van der Waals surface area contributed by atoms with Gasteiger partial charge >= 0.3 is 0 Å². The lowest BCUT2D eigenvalue weighted by atomic mass is 9.90. The van der Waals surface area contributed by atoms with Crippen LogP contribution in [0.15, 0.2) is 41.8 Å². The average Bonchev–Trinajstić information content (AvgIpc) is 3.67. The summed E-state index contributed by atoms with van der Waals surface area (Å²) in [5.74, 6) is 1.96. The number of para-hydroxylation sites is 1. The first-order valence-corrected chi connectivity index (χ1v) is 15.9. The summed E-state index contributed by atoms with van der Waals surface area (Å²) in [7, 11) is 0. The summed E-state index contributed by atoms with van der Waals surface area (Å²) in [4.78, 5) is 16.2. The summed E-state index contributed by atoms with van der Waals surface area (Å²) in [5, 5.41) is 10.4. The van der Waals surface area contributed by atoms with E-state index >= 15 is 0 Å². The molecule has 2 saturated carbocycles. The lowest BCUT2D eigenvalue weighted by Gasteiger charge is -2.46. The molecule has 4 heterocycles. The van der Waals surface area contributed by atoms with Crippen molar-refractivity contribution in [3.05, 3.63) is 52.3 Å². The first kappa shape index (κ1) is 25.4. The number of benzene rings is 1. The summed E-state index contributed by atoms with van der Waals surface area (Å²) in [6.45, 7) is 5.88. The van der Waals surface area contributed by atoms with E-state index in [0.717, 1.165) is 53.5 Å². The molecule has 7 rings (SSSR count). The van der Waals surface area contributed by atoms with Gasteiger partial charge in [0.2, 0.25) is 5.95 Å². The molecule has 9 heteroatoms. The van der Waals surface area contributed by atoms with E-state index in [0.29, 0.717) is 24.3 Å². The third-order valence-electron chi connectivity index (χ3n) is 8.60. The highest BCUT2D eigenvalue weighted by Gasteiger charge is 2.51. The van der Waals surface area contributed by atoms with Crippen LogP contribution in [0.4, 0.5) is 11.8 Å². The van der Waals surface area contributed by atoms with Crippen molar-refractivity contribution in [2.45, 2.75) is 76.9 Å². The second kappa shape index (κ2) is 10.4. The number of anilines is 2. The third kappa shape index (κ3) is 4.94. The maximum Gasteiger partial charge on any atom is 0.225 e. The van der Waals surface area contributed by atoms with Crippen molar-refractivity contribution in [2.75, 3.05) is 17.2 Å². The highest BCUT2D eigenvalue weighted by Crippen LogP contribution is 2.47.